The first kappa shape index (κ1) is 22.2. The van der Waals surface area contributed by atoms with Crippen LogP contribution in [0.4, 0.5) is 5.82 Å². The fourth-order valence-corrected chi connectivity index (χ4v) is 3.67. The molecule has 0 saturated carbocycles. The van der Waals surface area contributed by atoms with Crippen LogP contribution in [-0.2, 0) is 17.8 Å². The van der Waals surface area contributed by atoms with Gasteiger partial charge in [-0.25, -0.2) is 4.98 Å². The summed E-state index contributed by atoms with van der Waals surface area (Å²) < 4.78 is 5.30. The quantitative estimate of drug-likeness (QED) is 0.559. The average Bonchev–Trinajstić information content (AvgIpc) is 3.28. The van der Waals surface area contributed by atoms with E-state index in [0.29, 0.717) is 42.5 Å². The summed E-state index contributed by atoms with van der Waals surface area (Å²) in [5.41, 5.74) is 1.89. The topological polar surface area (TPSA) is 87.4 Å². The van der Waals surface area contributed by atoms with Crippen LogP contribution in [0.3, 0.4) is 0 Å². The van der Waals surface area contributed by atoms with Crippen molar-refractivity contribution in [3.8, 4) is 11.4 Å². The molecule has 32 heavy (non-hydrogen) atoms. The van der Waals surface area contributed by atoms with Crippen LogP contribution >= 0.6 is 11.6 Å². The fourth-order valence-electron chi connectivity index (χ4n) is 3.54. The summed E-state index contributed by atoms with van der Waals surface area (Å²) in [5, 5.41) is 7.64. The number of halogens is 1. The summed E-state index contributed by atoms with van der Waals surface area (Å²) in [4.78, 5) is 25.7. The number of nitrogens with one attached hydrogen (secondary N) is 1. The number of aryl methyl sites for hydroxylation is 1. The van der Waals surface area contributed by atoms with E-state index in [-0.39, 0.29) is 5.91 Å². The standard InChI is InChI=1S/C23H27ClN6O2/c1-29-11-13-30(14-12-29)20-15-17(9-10-25-20)16-26-21(31)3-2-4-22-27-23(28-32-22)18-5-7-19(24)8-6-18/h5-10,15H,2-4,11-14,16H2,1H3,(H,26,31). The molecule has 1 aliphatic rings. The maximum atomic E-state index is 12.3. The lowest BCUT2D eigenvalue weighted by Gasteiger charge is -2.33. The lowest BCUT2D eigenvalue weighted by molar-refractivity contribution is -0.121. The first-order chi connectivity index (χ1) is 15.6. The molecule has 1 N–H and O–H groups in total. The Hall–Kier alpha value is -2.97. The number of pyridine rings is 1. The van der Waals surface area contributed by atoms with Gasteiger partial charge in [-0.05, 0) is 55.4 Å². The monoisotopic (exact) mass is 454 g/mol. The number of hydrogen-bond acceptors (Lipinski definition) is 7. The van der Waals surface area contributed by atoms with Crippen molar-refractivity contribution in [3.05, 3.63) is 59.1 Å². The molecule has 1 aliphatic heterocycles. The molecule has 3 heterocycles. The van der Waals surface area contributed by atoms with E-state index in [9.17, 15) is 4.79 Å². The first-order valence-electron chi connectivity index (χ1n) is 10.8. The SMILES string of the molecule is CN1CCN(c2cc(CNC(=O)CCCc3nc(-c4ccc(Cl)cc4)no3)ccn2)CC1. The van der Waals surface area contributed by atoms with Gasteiger partial charge in [-0.15, -0.1) is 0 Å². The van der Waals surface area contributed by atoms with Gasteiger partial charge in [-0.2, -0.15) is 4.98 Å². The van der Waals surface area contributed by atoms with Crippen molar-refractivity contribution in [3.63, 3.8) is 0 Å². The van der Waals surface area contributed by atoms with E-state index in [1.165, 1.54) is 0 Å². The molecule has 0 atom stereocenters. The molecule has 1 saturated heterocycles. The second kappa shape index (κ2) is 10.6. The molecule has 0 aliphatic carbocycles. The highest BCUT2D eigenvalue weighted by atomic mass is 35.5. The van der Waals surface area contributed by atoms with Crippen LogP contribution in [0, 0.1) is 0 Å². The minimum absolute atomic E-state index is 0.000370. The second-order valence-corrected chi connectivity index (χ2v) is 8.40. The zero-order valence-corrected chi connectivity index (χ0v) is 18.9. The first-order valence-corrected chi connectivity index (χ1v) is 11.2. The molecule has 4 rings (SSSR count). The number of anilines is 1. The van der Waals surface area contributed by atoms with E-state index >= 15 is 0 Å². The van der Waals surface area contributed by atoms with Crippen molar-refractivity contribution in [2.24, 2.45) is 0 Å². The molecule has 8 nitrogen and oxygen atoms in total. The normalized spacial score (nSPS) is 14.5. The number of amides is 1. The third-order valence-corrected chi connectivity index (χ3v) is 5.74. The summed E-state index contributed by atoms with van der Waals surface area (Å²) in [6.07, 6.45) is 3.39. The number of rotatable bonds is 8. The summed E-state index contributed by atoms with van der Waals surface area (Å²) in [6.45, 7) is 4.49. The van der Waals surface area contributed by atoms with E-state index in [0.717, 1.165) is 43.1 Å². The van der Waals surface area contributed by atoms with Crippen LogP contribution in [0.25, 0.3) is 11.4 Å². The molecule has 168 valence electrons. The lowest BCUT2D eigenvalue weighted by atomic mass is 10.2. The third-order valence-electron chi connectivity index (χ3n) is 5.49. The van der Waals surface area contributed by atoms with Crippen LogP contribution in [0.5, 0.6) is 0 Å². The molecule has 9 heteroatoms. The summed E-state index contributed by atoms with van der Waals surface area (Å²) in [5.74, 6) is 2.02. The fraction of sp³-hybridized carbons (Fsp3) is 0.391. The molecule has 1 aromatic carbocycles. The maximum absolute atomic E-state index is 12.3. The van der Waals surface area contributed by atoms with Gasteiger partial charge >= 0.3 is 0 Å². The molecular weight excluding hydrogens is 428 g/mol. The van der Waals surface area contributed by atoms with Crippen LogP contribution in [0.1, 0.15) is 24.3 Å². The minimum atomic E-state index is 0.000370. The maximum Gasteiger partial charge on any atom is 0.226 e. The van der Waals surface area contributed by atoms with Gasteiger partial charge in [0.15, 0.2) is 0 Å². The Bertz CT molecular complexity index is 1030. The Morgan fingerprint density at radius 3 is 2.72 bits per heavy atom. The number of nitrogens with zero attached hydrogens (tertiary/aromatic N) is 5. The Balaban J connectivity index is 1.20. The van der Waals surface area contributed by atoms with Crippen LogP contribution < -0.4 is 10.2 Å². The summed E-state index contributed by atoms with van der Waals surface area (Å²) >= 11 is 5.91. The molecule has 0 bridgehead atoms. The van der Waals surface area contributed by atoms with E-state index < -0.39 is 0 Å². The smallest absolute Gasteiger partial charge is 0.226 e. The molecule has 0 spiro atoms. The number of carbonyl (C=O) groups is 1. The average molecular weight is 455 g/mol. The second-order valence-electron chi connectivity index (χ2n) is 7.96. The number of benzene rings is 1. The van der Waals surface area contributed by atoms with Crippen molar-refractivity contribution >= 4 is 23.3 Å². The molecular formula is C23H27ClN6O2. The van der Waals surface area contributed by atoms with Gasteiger partial charge in [0.2, 0.25) is 17.6 Å². The van der Waals surface area contributed by atoms with E-state index in [2.05, 4.69) is 43.4 Å². The van der Waals surface area contributed by atoms with Gasteiger partial charge in [-0.3, -0.25) is 4.79 Å². The molecule has 1 fully saturated rings. The molecule has 3 aromatic rings. The number of piperazine rings is 1. The van der Waals surface area contributed by atoms with Crippen LogP contribution in [-0.4, -0.2) is 59.2 Å². The number of aromatic nitrogens is 3. The highest BCUT2D eigenvalue weighted by molar-refractivity contribution is 6.30. The summed E-state index contributed by atoms with van der Waals surface area (Å²) in [7, 11) is 2.13. The van der Waals surface area contributed by atoms with Crippen molar-refractivity contribution in [2.75, 3.05) is 38.1 Å². The van der Waals surface area contributed by atoms with Crippen molar-refractivity contribution in [2.45, 2.75) is 25.8 Å². The Morgan fingerprint density at radius 2 is 1.94 bits per heavy atom. The zero-order chi connectivity index (χ0) is 22.3. The zero-order valence-electron chi connectivity index (χ0n) is 18.1. The number of likely N-dealkylation sites (N-methyl/N-ethyl adjacent to an activating group) is 1. The predicted molar refractivity (Wildman–Crippen MR) is 123 cm³/mol. The largest absolute Gasteiger partial charge is 0.354 e. The molecule has 2 aromatic heterocycles. The number of hydrogen-bond donors (Lipinski definition) is 1. The van der Waals surface area contributed by atoms with Gasteiger partial charge in [0.1, 0.15) is 5.82 Å². The Labute approximate surface area is 192 Å². The van der Waals surface area contributed by atoms with Crippen molar-refractivity contribution in [1.82, 2.24) is 25.3 Å². The predicted octanol–water partition coefficient (Wildman–Crippen LogP) is 3.18. The Morgan fingerprint density at radius 1 is 1.16 bits per heavy atom. The van der Waals surface area contributed by atoms with Crippen molar-refractivity contribution in [1.29, 1.82) is 0 Å². The Kier molecular flexibility index (Phi) is 7.34. The molecule has 1 amide bonds. The highest BCUT2D eigenvalue weighted by Crippen LogP contribution is 2.19. The highest BCUT2D eigenvalue weighted by Gasteiger charge is 2.15. The minimum Gasteiger partial charge on any atom is -0.354 e. The van der Waals surface area contributed by atoms with Gasteiger partial charge in [0.05, 0.1) is 0 Å². The van der Waals surface area contributed by atoms with E-state index in [1.54, 1.807) is 12.1 Å². The summed E-state index contributed by atoms with van der Waals surface area (Å²) in [6, 6.07) is 11.3. The molecule has 0 radical (unpaired) electrons. The van der Waals surface area contributed by atoms with Gasteiger partial charge in [0, 0.05) is 62.3 Å². The lowest BCUT2D eigenvalue weighted by Crippen LogP contribution is -2.44. The van der Waals surface area contributed by atoms with Crippen LogP contribution in [0.15, 0.2) is 47.1 Å². The van der Waals surface area contributed by atoms with E-state index in [1.807, 2.05) is 24.4 Å². The third kappa shape index (κ3) is 6.05. The van der Waals surface area contributed by atoms with Crippen molar-refractivity contribution < 1.29 is 9.32 Å². The van der Waals surface area contributed by atoms with Gasteiger partial charge in [0.25, 0.3) is 0 Å². The molecule has 0 unspecified atom stereocenters. The van der Waals surface area contributed by atoms with Crippen LogP contribution in [0.2, 0.25) is 5.02 Å². The van der Waals surface area contributed by atoms with Gasteiger partial charge in [-0.1, -0.05) is 16.8 Å². The van der Waals surface area contributed by atoms with Gasteiger partial charge < -0.3 is 19.6 Å². The number of carbonyl (C=O) groups excluding carboxylic acids is 1. The van der Waals surface area contributed by atoms with E-state index in [4.69, 9.17) is 16.1 Å².